The number of aromatic nitrogens is 4. The monoisotopic (exact) mass is 504 g/mol. The number of hydrogen-bond donors (Lipinski definition) is 2. The molecule has 0 aliphatic rings. The number of carbonyl (C=O) groups excluding carboxylic acids is 2. The number of nitrogens with zero attached hydrogens (tertiary/aromatic N) is 4. The number of benzene rings is 2. The molecular weight excluding hydrogens is 476 g/mol. The van der Waals surface area contributed by atoms with Crippen molar-refractivity contribution in [2.45, 2.75) is 26.4 Å². The molecule has 11 heteroatoms. The average molecular weight is 505 g/mol. The van der Waals surface area contributed by atoms with Crippen LogP contribution in [0, 0.1) is 6.92 Å². The molecule has 0 fully saturated rings. The van der Waals surface area contributed by atoms with E-state index >= 15 is 0 Å². The predicted octanol–water partition coefficient (Wildman–Crippen LogP) is 1.41. The van der Waals surface area contributed by atoms with E-state index in [4.69, 9.17) is 10.5 Å². The molecule has 2 aromatic heterocycles. The van der Waals surface area contributed by atoms with Crippen molar-refractivity contribution >= 4 is 28.5 Å². The van der Waals surface area contributed by atoms with E-state index in [1.165, 1.54) is 4.57 Å². The Balaban J connectivity index is 1.64. The number of rotatable bonds is 9. The highest BCUT2D eigenvalue weighted by molar-refractivity contribution is 5.94. The van der Waals surface area contributed by atoms with Crippen molar-refractivity contribution in [1.82, 2.24) is 24.2 Å². The quantitative estimate of drug-likeness (QED) is 0.328. The van der Waals surface area contributed by atoms with Crippen molar-refractivity contribution in [1.29, 1.82) is 0 Å². The van der Waals surface area contributed by atoms with Crippen molar-refractivity contribution in [3.63, 3.8) is 0 Å². The van der Waals surface area contributed by atoms with Crippen LogP contribution in [0.25, 0.3) is 10.9 Å². The summed E-state index contributed by atoms with van der Waals surface area (Å²) < 4.78 is 8.46. The molecule has 4 aromatic rings. The minimum absolute atomic E-state index is 0.0276. The molecule has 0 radical (unpaired) electrons. The highest BCUT2D eigenvalue weighted by Gasteiger charge is 2.18. The molecule has 0 unspecified atom stereocenters. The Bertz CT molecular complexity index is 1570. The summed E-state index contributed by atoms with van der Waals surface area (Å²) in [6.45, 7) is 2.37. The van der Waals surface area contributed by atoms with Crippen molar-refractivity contribution in [3.05, 3.63) is 92.3 Å². The number of nitrogen functional groups attached to an aromatic ring is 1. The maximum Gasteiger partial charge on any atom is 0.332 e. The third kappa shape index (κ3) is 5.51. The van der Waals surface area contributed by atoms with Crippen LogP contribution >= 0.6 is 0 Å². The summed E-state index contributed by atoms with van der Waals surface area (Å²) in [6.07, 6.45) is 0.702. The molecule has 0 saturated heterocycles. The summed E-state index contributed by atoms with van der Waals surface area (Å²) in [6, 6.07) is 14.9. The molecular formula is C26H28N6O5. The summed E-state index contributed by atoms with van der Waals surface area (Å²) in [5.74, 6) is -0.492. The number of fused-ring (bicyclic) bond motifs is 1. The van der Waals surface area contributed by atoms with E-state index < -0.39 is 17.2 Å². The molecule has 0 bridgehead atoms. The number of hydrogen-bond acceptors (Lipinski definition) is 7. The van der Waals surface area contributed by atoms with Gasteiger partial charge in [0.1, 0.15) is 12.4 Å². The first-order valence-electron chi connectivity index (χ1n) is 11.7. The molecule has 0 spiro atoms. The third-order valence-electron chi connectivity index (χ3n) is 5.94. The number of nitrogens with one attached hydrogen (secondary N) is 1. The molecule has 0 aliphatic carbocycles. The fourth-order valence-corrected chi connectivity index (χ4v) is 4.08. The lowest BCUT2D eigenvalue weighted by atomic mass is 10.1. The highest BCUT2D eigenvalue weighted by Crippen LogP contribution is 2.11. The Morgan fingerprint density at radius 2 is 1.78 bits per heavy atom. The minimum atomic E-state index is -0.630. The summed E-state index contributed by atoms with van der Waals surface area (Å²) in [5.41, 5.74) is 6.60. The molecule has 37 heavy (non-hydrogen) atoms. The molecule has 2 aromatic carbocycles. The Hall–Kier alpha value is -4.51. The van der Waals surface area contributed by atoms with Crippen LogP contribution in [-0.4, -0.2) is 51.0 Å². The number of amides is 1. The first-order chi connectivity index (χ1) is 17.8. The third-order valence-corrected chi connectivity index (χ3v) is 5.94. The van der Waals surface area contributed by atoms with Crippen molar-refractivity contribution in [2.75, 3.05) is 26.0 Å². The first kappa shape index (κ1) is 25.6. The number of anilines is 1. The van der Waals surface area contributed by atoms with E-state index in [1.54, 1.807) is 68.6 Å². The topological polar surface area (TPSA) is 143 Å². The van der Waals surface area contributed by atoms with Crippen molar-refractivity contribution < 1.29 is 14.3 Å². The van der Waals surface area contributed by atoms with Gasteiger partial charge in [0, 0.05) is 37.6 Å². The SMILES string of the molecule is COCCCNC(=O)c1ccc(Cn2c(=O)c3ccccc3n(CC(=O)n3nc(N)cc3C)c2=O)cc1. The zero-order valence-electron chi connectivity index (χ0n) is 20.6. The first-order valence-corrected chi connectivity index (χ1v) is 11.7. The molecule has 2 heterocycles. The maximum atomic E-state index is 13.5. The van der Waals surface area contributed by atoms with Crippen LogP contribution < -0.4 is 22.3 Å². The molecule has 0 atom stereocenters. The molecule has 0 aliphatic heterocycles. The fourth-order valence-electron chi connectivity index (χ4n) is 4.08. The van der Waals surface area contributed by atoms with Gasteiger partial charge in [-0.05, 0) is 43.2 Å². The van der Waals surface area contributed by atoms with Crippen molar-refractivity contribution in [2.24, 2.45) is 0 Å². The lowest BCUT2D eigenvalue weighted by molar-refractivity contribution is 0.0871. The normalized spacial score (nSPS) is 11.1. The lowest BCUT2D eigenvalue weighted by Gasteiger charge is -2.14. The van der Waals surface area contributed by atoms with E-state index in [9.17, 15) is 19.2 Å². The average Bonchev–Trinajstić information content (AvgIpc) is 3.24. The van der Waals surface area contributed by atoms with Gasteiger partial charge >= 0.3 is 5.69 Å². The zero-order valence-corrected chi connectivity index (χ0v) is 20.6. The second-order valence-electron chi connectivity index (χ2n) is 8.59. The van der Waals surface area contributed by atoms with E-state index in [-0.39, 0.29) is 24.8 Å². The number of ether oxygens (including phenoxy) is 1. The second kappa shape index (κ2) is 11.0. The standard InChI is InChI=1S/C26H28N6O5/c1-17-14-22(27)29-32(17)23(33)16-30-21-7-4-3-6-20(21)25(35)31(26(30)36)15-18-8-10-19(11-9-18)24(34)28-12-5-13-37-2/h3-4,6-11,14H,5,12-13,15-16H2,1-2H3,(H2,27,29)(H,28,34). The van der Waals surface area contributed by atoms with Gasteiger partial charge in [-0.3, -0.25) is 23.5 Å². The smallest absolute Gasteiger partial charge is 0.332 e. The van der Waals surface area contributed by atoms with Gasteiger partial charge in [-0.2, -0.15) is 0 Å². The number of methoxy groups -OCH3 is 1. The van der Waals surface area contributed by atoms with Crippen LogP contribution in [0.3, 0.4) is 0 Å². The Labute approximate surface area is 212 Å². The van der Waals surface area contributed by atoms with E-state index in [0.717, 1.165) is 9.25 Å². The number of para-hydroxylation sites is 1. The summed E-state index contributed by atoms with van der Waals surface area (Å²) in [5, 5.41) is 7.11. The van der Waals surface area contributed by atoms with Gasteiger partial charge in [0.15, 0.2) is 0 Å². The molecule has 4 rings (SSSR count). The Morgan fingerprint density at radius 3 is 2.46 bits per heavy atom. The summed E-state index contributed by atoms with van der Waals surface area (Å²) in [4.78, 5) is 52.0. The predicted molar refractivity (Wildman–Crippen MR) is 139 cm³/mol. The van der Waals surface area contributed by atoms with Crippen LogP contribution in [0.4, 0.5) is 5.82 Å². The van der Waals surface area contributed by atoms with Gasteiger partial charge in [0.25, 0.3) is 17.4 Å². The number of nitrogens with two attached hydrogens (primary N) is 1. The van der Waals surface area contributed by atoms with Crippen molar-refractivity contribution in [3.8, 4) is 0 Å². The molecule has 1 amide bonds. The minimum Gasteiger partial charge on any atom is -0.385 e. The van der Waals surface area contributed by atoms with Gasteiger partial charge in [-0.1, -0.05) is 24.3 Å². The largest absolute Gasteiger partial charge is 0.385 e. The Kier molecular flexibility index (Phi) is 7.63. The lowest BCUT2D eigenvalue weighted by Crippen LogP contribution is -2.42. The van der Waals surface area contributed by atoms with Crippen LogP contribution in [0.5, 0.6) is 0 Å². The van der Waals surface area contributed by atoms with E-state index in [0.29, 0.717) is 47.3 Å². The summed E-state index contributed by atoms with van der Waals surface area (Å²) >= 11 is 0. The molecule has 192 valence electrons. The van der Waals surface area contributed by atoms with E-state index in [2.05, 4.69) is 10.4 Å². The summed E-state index contributed by atoms with van der Waals surface area (Å²) in [7, 11) is 1.60. The zero-order chi connectivity index (χ0) is 26.5. The van der Waals surface area contributed by atoms with Crippen LogP contribution in [0.2, 0.25) is 0 Å². The van der Waals surface area contributed by atoms with Gasteiger partial charge in [0.2, 0.25) is 0 Å². The van der Waals surface area contributed by atoms with Gasteiger partial charge in [-0.25, -0.2) is 9.48 Å². The number of aryl methyl sites for hydroxylation is 1. The van der Waals surface area contributed by atoms with Crippen LogP contribution in [-0.2, 0) is 17.8 Å². The highest BCUT2D eigenvalue weighted by atomic mass is 16.5. The fraction of sp³-hybridized carbons (Fsp3) is 0.269. The second-order valence-corrected chi connectivity index (χ2v) is 8.59. The number of carbonyl (C=O) groups is 2. The van der Waals surface area contributed by atoms with Gasteiger partial charge in [0.05, 0.1) is 17.4 Å². The van der Waals surface area contributed by atoms with E-state index in [1.807, 2.05) is 0 Å². The van der Waals surface area contributed by atoms with Crippen LogP contribution in [0.15, 0.2) is 64.2 Å². The molecule has 11 nitrogen and oxygen atoms in total. The van der Waals surface area contributed by atoms with Gasteiger partial charge in [-0.15, -0.1) is 5.10 Å². The van der Waals surface area contributed by atoms with Gasteiger partial charge < -0.3 is 15.8 Å². The molecule has 3 N–H and O–H groups in total. The Morgan fingerprint density at radius 1 is 1.05 bits per heavy atom. The molecule has 0 saturated carbocycles. The maximum absolute atomic E-state index is 13.5. The van der Waals surface area contributed by atoms with Crippen LogP contribution in [0.1, 0.15) is 32.8 Å².